The van der Waals surface area contributed by atoms with Crippen molar-refractivity contribution in [3.63, 3.8) is 0 Å². The van der Waals surface area contributed by atoms with Gasteiger partial charge in [-0.2, -0.15) is 4.98 Å². The summed E-state index contributed by atoms with van der Waals surface area (Å²) in [6.07, 6.45) is 3.23. The highest BCUT2D eigenvalue weighted by Crippen LogP contribution is 2.25. The van der Waals surface area contributed by atoms with Crippen LogP contribution >= 0.6 is 0 Å². The molecular weight excluding hydrogens is 258 g/mol. The lowest BCUT2D eigenvalue weighted by atomic mass is 9.97. The number of piperidine rings is 1. The van der Waals surface area contributed by atoms with E-state index in [1.165, 1.54) is 0 Å². The Kier molecular flexibility index (Phi) is 3.54. The predicted molar refractivity (Wildman–Crippen MR) is 73.4 cm³/mol. The molecular formula is C14H17N3O3. The van der Waals surface area contributed by atoms with Crippen LogP contribution in [0.1, 0.15) is 19.8 Å². The van der Waals surface area contributed by atoms with E-state index in [9.17, 15) is 4.79 Å². The molecule has 0 radical (unpaired) electrons. The van der Waals surface area contributed by atoms with Crippen molar-refractivity contribution in [2.75, 3.05) is 24.6 Å². The topological polar surface area (TPSA) is 68.5 Å². The number of pyridine rings is 1. The van der Waals surface area contributed by atoms with Gasteiger partial charge in [-0.15, -0.1) is 0 Å². The molecule has 0 aromatic carbocycles. The van der Waals surface area contributed by atoms with E-state index in [0.717, 1.165) is 25.9 Å². The molecule has 0 unspecified atom stereocenters. The van der Waals surface area contributed by atoms with Gasteiger partial charge in [0.1, 0.15) is 0 Å². The lowest BCUT2D eigenvalue weighted by Gasteiger charge is -2.29. The number of hydrogen-bond donors (Lipinski definition) is 0. The number of aromatic nitrogens is 2. The van der Waals surface area contributed by atoms with Gasteiger partial charge in [0, 0.05) is 19.3 Å². The Morgan fingerprint density at radius 1 is 1.50 bits per heavy atom. The van der Waals surface area contributed by atoms with Crippen molar-refractivity contribution in [1.82, 2.24) is 9.97 Å². The second-order valence-corrected chi connectivity index (χ2v) is 4.83. The molecule has 2 aromatic rings. The van der Waals surface area contributed by atoms with Crippen molar-refractivity contribution in [3.05, 3.63) is 18.3 Å². The maximum Gasteiger partial charge on any atom is 0.309 e. The van der Waals surface area contributed by atoms with Crippen molar-refractivity contribution in [1.29, 1.82) is 0 Å². The minimum absolute atomic E-state index is 0.00583. The number of oxazole rings is 1. The van der Waals surface area contributed by atoms with Gasteiger partial charge in [-0.25, -0.2) is 4.98 Å². The highest BCUT2D eigenvalue weighted by Gasteiger charge is 2.28. The van der Waals surface area contributed by atoms with E-state index >= 15 is 0 Å². The van der Waals surface area contributed by atoms with E-state index in [2.05, 4.69) is 14.9 Å². The molecule has 1 saturated heterocycles. The van der Waals surface area contributed by atoms with Crippen LogP contribution in [0, 0.1) is 5.92 Å². The monoisotopic (exact) mass is 275 g/mol. The van der Waals surface area contributed by atoms with E-state index in [1.54, 1.807) is 6.20 Å². The number of hydrogen-bond acceptors (Lipinski definition) is 6. The summed E-state index contributed by atoms with van der Waals surface area (Å²) in [5, 5.41) is 0. The third-order valence-corrected chi connectivity index (χ3v) is 3.54. The summed E-state index contributed by atoms with van der Waals surface area (Å²) in [5.41, 5.74) is 1.31. The molecule has 1 aliphatic rings. The summed E-state index contributed by atoms with van der Waals surface area (Å²) < 4.78 is 10.8. The van der Waals surface area contributed by atoms with E-state index in [0.29, 0.717) is 23.9 Å². The molecule has 0 atom stereocenters. The minimum Gasteiger partial charge on any atom is -0.466 e. The molecule has 6 nitrogen and oxygen atoms in total. The van der Waals surface area contributed by atoms with Crippen molar-refractivity contribution in [2.24, 2.45) is 5.92 Å². The van der Waals surface area contributed by atoms with E-state index in [-0.39, 0.29) is 11.9 Å². The standard InChI is InChI=1S/C14H17N3O3/c1-2-19-13(18)10-5-8-17(9-6-10)14-16-12-11(20-14)4-3-7-15-12/h3-4,7,10H,2,5-6,8-9H2,1H3. The molecule has 1 aliphatic heterocycles. The Bertz CT molecular complexity index is 569. The maximum atomic E-state index is 11.7. The molecule has 2 aromatic heterocycles. The van der Waals surface area contributed by atoms with E-state index in [4.69, 9.17) is 9.15 Å². The van der Waals surface area contributed by atoms with E-state index < -0.39 is 0 Å². The first-order valence-electron chi connectivity index (χ1n) is 6.91. The highest BCUT2D eigenvalue weighted by atomic mass is 16.5. The van der Waals surface area contributed by atoms with Gasteiger partial charge in [-0.05, 0) is 31.9 Å². The van der Waals surface area contributed by atoms with Crippen LogP contribution in [-0.2, 0) is 9.53 Å². The summed E-state index contributed by atoms with van der Waals surface area (Å²) in [7, 11) is 0. The van der Waals surface area contributed by atoms with E-state index in [1.807, 2.05) is 19.1 Å². The Morgan fingerprint density at radius 2 is 2.30 bits per heavy atom. The number of carbonyl (C=O) groups is 1. The molecule has 0 spiro atoms. The number of anilines is 1. The fourth-order valence-corrected chi connectivity index (χ4v) is 2.46. The molecule has 20 heavy (non-hydrogen) atoms. The van der Waals surface area contributed by atoms with Crippen molar-refractivity contribution in [3.8, 4) is 0 Å². The molecule has 0 aliphatic carbocycles. The van der Waals surface area contributed by atoms with Gasteiger partial charge < -0.3 is 14.1 Å². The lowest BCUT2D eigenvalue weighted by molar-refractivity contribution is -0.148. The van der Waals surface area contributed by atoms with Crippen molar-refractivity contribution in [2.45, 2.75) is 19.8 Å². The van der Waals surface area contributed by atoms with Crippen LogP contribution in [0.15, 0.2) is 22.7 Å². The SMILES string of the molecule is CCOC(=O)C1CCN(c2nc3ncccc3o2)CC1. The molecule has 6 heteroatoms. The Morgan fingerprint density at radius 3 is 3.00 bits per heavy atom. The average Bonchev–Trinajstić information content (AvgIpc) is 2.91. The molecule has 3 heterocycles. The average molecular weight is 275 g/mol. The summed E-state index contributed by atoms with van der Waals surface area (Å²) in [6.45, 7) is 3.76. The predicted octanol–water partition coefficient (Wildman–Crippen LogP) is 2.00. The van der Waals surface area contributed by atoms with Gasteiger partial charge >= 0.3 is 5.97 Å². The summed E-state index contributed by atoms with van der Waals surface area (Å²) >= 11 is 0. The maximum absolute atomic E-state index is 11.7. The zero-order valence-corrected chi connectivity index (χ0v) is 11.4. The number of ether oxygens (including phenoxy) is 1. The second kappa shape index (κ2) is 5.48. The molecule has 0 N–H and O–H groups in total. The van der Waals surface area contributed by atoms with Crippen LogP contribution in [0.2, 0.25) is 0 Å². The Hall–Kier alpha value is -2.11. The van der Waals surface area contributed by atoms with Gasteiger partial charge in [-0.3, -0.25) is 4.79 Å². The molecule has 3 rings (SSSR count). The summed E-state index contributed by atoms with van der Waals surface area (Å²) in [6, 6.07) is 4.26. The Balaban J connectivity index is 1.67. The first-order chi connectivity index (χ1) is 9.78. The second-order valence-electron chi connectivity index (χ2n) is 4.83. The highest BCUT2D eigenvalue weighted by molar-refractivity contribution is 5.73. The largest absolute Gasteiger partial charge is 0.466 e. The number of fused-ring (bicyclic) bond motifs is 1. The number of esters is 1. The number of carbonyl (C=O) groups excluding carboxylic acids is 1. The molecule has 106 valence electrons. The van der Waals surface area contributed by atoms with Crippen LogP contribution in [0.4, 0.5) is 6.01 Å². The quantitative estimate of drug-likeness (QED) is 0.798. The fourth-order valence-electron chi connectivity index (χ4n) is 2.46. The van der Waals surface area contributed by atoms with Gasteiger partial charge in [0.25, 0.3) is 6.01 Å². The third kappa shape index (κ3) is 2.45. The zero-order chi connectivity index (χ0) is 13.9. The van der Waals surface area contributed by atoms with Crippen LogP contribution in [0.25, 0.3) is 11.2 Å². The number of rotatable bonds is 3. The molecule has 0 bridgehead atoms. The van der Waals surface area contributed by atoms with Crippen molar-refractivity contribution < 1.29 is 13.9 Å². The zero-order valence-electron chi connectivity index (χ0n) is 11.4. The number of nitrogens with zero attached hydrogens (tertiary/aromatic N) is 3. The van der Waals surface area contributed by atoms with Crippen LogP contribution in [-0.4, -0.2) is 35.6 Å². The summed E-state index contributed by atoms with van der Waals surface area (Å²) in [5.74, 6) is -0.0971. The van der Waals surface area contributed by atoms with Crippen molar-refractivity contribution >= 4 is 23.2 Å². The molecule has 1 fully saturated rings. The normalized spacial score (nSPS) is 16.6. The van der Waals surface area contributed by atoms with Gasteiger partial charge in [0.2, 0.25) is 5.65 Å². The van der Waals surface area contributed by atoms with Crippen LogP contribution < -0.4 is 4.90 Å². The lowest BCUT2D eigenvalue weighted by Crippen LogP contribution is -2.37. The third-order valence-electron chi connectivity index (χ3n) is 3.54. The fraction of sp³-hybridized carbons (Fsp3) is 0.500. The van der Waals surface area contributed by atoms with Gasteiger partial charge in [0.05, 0.1) is 12.5 Å². The van der Waals surface area contributed by atoms with Crippen LogP contribution in [0.5, 0.6) is 0 Å². The molecule has 0 amide bonds. The first kappa shape index (κ1) is 12.9. The smallest absolute Gasteiger partial charge is 0.309 e. The molecule has 0 saturated carbocycles. The van der Waals surface area contributed by atoms with Gasteiger partial charge in [-0.1, -0.05) is 0 Å². The van der Waals surface area contributed by atoms with Crippen LogP contribution in [0.3, 0.4) is 0 Å². The summed E-state index contributed by atoms with van der Waals surface area (Å²) in [4.78, 5) is 22.3. The minimum atomic E-state index is -0.0913. The first-order valence-corrected chi connectivity index (χ1v) is 6.91. The van der Waals surface area contributed by atoms with Gasteiger partial charge in [0.15, 0.2) is 5.58 Å². The Labute approximate surface area is 116 Å².